The van der Waals surface area contributed by atoms with Gasteiger partial charge in [0, 0.05) is 32.9 Å². The first-order valence-corrected chi connectivity index (χ1v) is 19.5. The molecule has 0 amide bonds. The topological polar surface area (TPSA) is 38.9 Å². The summed E-state index contributed by atoms with van der Waals surface area (Å²) in [4.78, 5) is 10.5. The average molecular weight is 729 g/mol. The van der Waals surface area contributed by atoms with Gasteiger partial charge < -0.3 is 4.42 Å². The lowest BCUT2D eigenvalue weighted by Gasteiger charge is -2.28. The van der Waals surface area contributed by atoms with Crippen molar-refractivity contribution in [1.29, 1.82) is 0 Å². The number of rotatable bonds is 6. The van der Waals surface area contributed by atoms with Crippen molar-refractivity contribution in [3.63, 3.8) is 0 Å². The molecule has 0 spiro atoms. The van der Waals surface area contributed by atoms with E-state index in [2.05, 4.69) is 177 Å². The third-order valence-electron chi connectivity index (χ3n) is 11.8. The molecule has 1 aliphatic rings. The summed E-state index contributed by atoms with van der Waals surface area (Å²) in [5.41, 5.74) is 17.4. The van der Waals surface area contributed by atoms with Gasteiger partial charge >= 0.3 is 0 Å². The maximum Gasteiger partial charge on any atom is 0.160 e. The van der Waals surface area contributed by atoms with Gasteiger partial charge in [-0.05, 0) is 81.3 Å². The van der Waals surface area contributed by atoms with Gasteiger partial charge in [0.05, 0.1) is 11.4 Å². The summed E-state index contributed by atoms with van der Waals surface area (Å²) in [5.74, 6) is 0.692. The second kappa shape index (κ2) is 13.1. The van der Waals surface area contributed by atoms with Crippen LogP contribution in [0.3, 0.4) is 0 Å². The second-order valence-electron chi connectivity index (χ2n) is 15.0. The van der Waals surface area contributed by atoms with E-state index in [1.807, 2.05) is 30.3 Å². The Labute approximate surface area is 331 Å². The van der Waals surface area contributed by atoms with Gasteiger partial charge in [0.15, 0.2) is 5.82 Å². The quantitative estimate of drug-likeness (QED) is 0.171. The molecule has 0 bridgehead atoms. The molecule has 0 radical (unpaired) electrons. The Bertz CT molecular complexity index is 3130. The minimum atomic E-state index is -0.287. The summed E-state index contributed by atoms with van der Waals surface area (Å²) in [6.45, 7) is 2.37. The molecule has 3 heteroatoms. The molecule has 0 aliphatic heterocycles. The number of fused-ring (bicyclic) bond motifs is 6. The average Bonchev–Trinajstić information content (AvgIpc) is 3.79. The highest BCUT2D eigenvalue weighted by molar-refractivity contribution is 6.06. The van der Waals surface area contributed by atoms with Crippen LogP contribution in [0.4, 0.5) is 0 Å². The molecule has 2 heterocycles. The number of hydrogen-bond acceptors (Lipinski definition) is 3. The van der Waals surface area contributed by atoms with Crippen molar-refractivity contribution in [3.8, 4) is 67.3 Å². The zero-order valence-corrected chi connectivity index (χ0v) is 31.4. The summed E-state index contributed by atoms with van der Waals surface area (Å²) < 4.78 is 6.21. The zero-order chi connectivity index (χ0) is 37.9. The minimum absolute atomic E-state index is 0.287. The number of hydrogen-bond donors (Lipinski definition) is 0. The smallest absolute Gasteiger partial charge is 0.160 e. The van der Waals surface area contributed by atoms with Gasteiger partial charge in [0.1, 0.15) is 11.2 Å². The number of para-hydroxylation sites is 1. The van der Waals surface area contributed by atoms with Crippen molar-refractivity contribution in [2.24, 2.45) is 0 Å². The Morgan fingerprint density at radius 3 is 1.81 bits per heavy atom. The standard InChI is InChI=1S/C54H36N2O/c1-54(39-17-6-3-7-18-39)46-24-12-10-22-45(46)52-44(23-14-25-47(52)54)40-19-8-9-20-41(40)49-34-48(55-53(56-49)37-15-4-2-5-16-37)36-29-27-35(28-30-36)38-31-32-43-42-21-11-13-26-50(42)57-51(43)33-38/h2-34H,1H3. The van der Waals surface area contributed by atoms with E-state index in [1.165, 1.54) is 33.4 Å². The van der Waals surface area contributed by atoms with Crippen LogP contribution in [0.5, 0.6) is 0 Å². The number of benzene rings is 8. The molecule has 2 aromatic heterocycles. The van der Waals surface area contributed by atoms with E-state index >= 15 is 0 Å². The molecule has 1 atom stereocenters. The first kappa shape index (κ1) is 33.0. The van der Waals surface area contributed by atoms with Gasteiger partial charge in [-0.3, -0.25) is 0 Å². The minimum Gasteiger partial charge on any atom is -0.456 e. The van der Waals surface area contributed by atoms with Crippen LogP contribution in [0.15, 0.2) is 205 Å². The summed E-state index contributed by atoms with van der Waals surface area (Å²) in [5, 5.41) is 2.26. The molecule has 8 aromatic carbocycles. The van der Waals surface area contributed by atoms with E-state index < -0.39 is 0 Å². The fourth-order valence-electron chi connectivity index (χ4n) is 8.98. The number of nitrogens with zero attached hydrogens (tertiary/aromatic N) is 2. The SMILES string of the molecule is CC1(c2ccccc2)c2ccccc2-c2c(-c3ccccc3-c3cc(-c4ccc(-c5ccc6c(c5)oc5ccccc56)cc4)nc(-c4ccccc4)n3)cccc21. The third-order valence-corrected chi connectivity index (χ3v) is 11.8. The van der Waals surface area contributed by atoms with E-state index in [9.17, 15) is 0 Å². The fraction of sp³-hybridized carbons (Fsp3) is 0.0370. The Morgan fingerprint density at radius 2 is 0.982 bits per heavy atom. The molecule has 1 unspecified atom stereocenters. The maximum atomic E-state index is 6.21. The Kier molecular flexibility index (Phi) is 7.61. The normalized spacial score (nSPS) is 14.5. The number of aromatic nitrogens is 2. The van der Waals surface area contributed by atoms with Crippen LogP contribution in [-0.2, 0) is 5.41 Å². The van der Waals surface area contributed by atoms with Gasteiger partial charge in [-0.1, -0.05) is 176 Å². The van der Waals surface area contributed by atoms with Crippen LogP contribution in [0.1, 0.15) is 23.6 Å². The molecular weight excluding hydrogens is 693 g/mol. The third kappa shape index (κ3) is 5.35. The van der Waals surface area contributed by atoms with Crippen LogP contribution < -0.4 is 0 Å². The Morgan fingerprint density at radius 1 is 0.386 bits per heavy atom. The molecule has 3 nitrogen and oxygen atoms in total. The predicted octanol–water partition coefficient (Wildman–Crippen LogP) is 14.0. The Balaban J connectivity index is 1.04. The molecular formula is C54H36N2O. The summed E-state index contributed by atoms with van der Waals surface area (Å²) in [7, 11) is 0. The maximum absolute atomic E-state index is 6.21. The van der Waals surface area contributed by atoms with Gasteiger partial charge in [0.2, 0.25) is 0 Å². The molecule has 11 rings (SSSR count). The monoisotopic (exact) mass is 728 g/mol. The molecule has 0 fully saturated rings. The van der Waals surface area contributed by atoms with Crippen LogP contribution in [0.25, 0.3) is 89.2 Å². The van der Waals surface area contributed by atoms with Gasteiger partial charge in [-0.15, -0.1) is 0 Å². The van der Waals surface area contributed by atoms with Crippen molar-refractivity contribution in [3.05, 3.63) is 217 Å². The van der Waals surface area contributed by atoms with Crippen molar-refractivity contribution in [2.75, 3.05) is 0 Å². The summed E-state index contributed by atoms with van der Waals surface area (Å²) >= 11 is 0. The lowest BCUT2D eigenvalue weighted by molar-refractivity contribution is 0.669. The lowest BCUT2D eigenvalue weighted by Crippen LogP contribution is -2.22. The highest BCUT2D eigenvalue weighted by Gasteiger charge is 2.41. The molecule has 1 aliphatic carbocycles. The first-order valence-electron chi connectivity index (χ1n) is 19.5. The van der Waals surface area contributed by atoms with Gasteiger partial charge in [-0.2, -0.15) is 0 Å². The molecule has 57 heavy (non-hydrogen) atoms. The molecule has 0 N–H and O–H groups in total. The van der Waals surface area contributed by atoms with E-state index in [1.54, 1.807) is 0 Å². The lowest BCUT2D eigenvalue weighted by atomic mass is 9.74. The van der Waals surface area contributed by atoms with Crippen molar-refractivity contribution < 1.29 is 4.42 Å². The Hall–Kier alpha value is -7.36. The van der Waals surface area contributed by atoms with Gasteiger partial charge in [0.25, 0.3) is 0 Å². The molecule has 268 valence electrons. The predicted molar refractivity (Wildman–Crippen MR) is 234 cm³/mol. The van der Waals surface area contributed by atoms with Crippen molar-refractivity contribution in [2.45, 2.75) is 12.3 Å². The van der Waals surface area contributed by atoms with Crippen molar-refractivity contribution in [1.82, 2.24) is 9.97 Å². The number of furan rings is 1. The highest BCUT2D eigenvalue weighted by Crippen LogP contribution is 2.55. The van der Waals surface area contributed by atoms with Crippen LogP contribution in [-0.4, -0.2) is 9.97 Å². The molecule has 0 saturated carbocycles. The van der Waals surface area contributed by atoms with Gasteiger partial charge in [-0.25, -0.2) is 9.97 Å². The summed E-state index contributed by atoms with van der Waals surface area (Å²) in [6, 6.07) is 71.0. The van der Waals surface area contributed by atoms with E-state index in [4.69, 9.17) is 14.4 Å². The highest BCUT2D eigenvalue weighted by atomic mass is 16.3. The first-order chi connectivity index (χ1) is 28.1. The van der Waals surface area contributed by atoms with E-state index in [0.717, 1.165) is 66.7 Å². The zero-order valence-electron chi connectivity index (χ0n) is 31.4. The van der Waals surface area contributed by atoms with Crippen molar-refractivity contribution >= 4 is 21.9 Å². The van der Waals surface area contributed by atoms with Crippen LogP contribution >= 0.6 is 0 Å². The van der Waals surface area contributed by atoms with Crippen LogP contribution in [0, 0.1) is 0 Å². The molecule has 0 saturated heterocycles. The van der Waals surface area contributed by atoms with E-state index in [-0.39, 0.29) is 5.41 Å². The van der Waals surface area contributed by atoms with E-state index in [0.29, 0.717) is 5.82 Å². The largest absolute Gasteiger partial charge is 0.456 e. The fourth-order valence-corrected chi connectivity index (χ4v) is 8.98. The van der Waals surface area contributed by atoms with Crippen LogP contribution in [0.2, 0.25) is 0 Å². The summed E-state index contributed by atoms with van der Waals surface area (Å²) in [6.07, 6.45) is 0. The second-order valence-corrected chi connectivity index (χ2v) is 15.0. The molecule has 10 aromatic rings.